The molecule has 4 heteroatoms. The van der Waals surface area contributed by atoms with Crippen molar-refractivity contribution in [2.75, 3.05) is 0 Å². The molecule has 0 aliphatic carbocycles. The van der Waals surface area contributed by atoms with Crippen LogP contribution >= 0.6 is 11.6 Å². The van der Waals surface area contributed by atoms with Crippen LogP contribution < -0.4 is 4.57 Å². The number of benzene rings is 1. The molecule has 101 valence electrons. The number of Topliss-reactive ketones (excluding diaryl/α,β-unsaturated/α-hetero) is 1. The summed E-state index contributed by atoms with van der Waals surface area (Å²) in [5.41, 5.74) is 3.48. The zero-order valence-electron chi connectivity index (χ0n) is 11.8. The van der Waals surface area contributed by atoms with Crippen LogP contribution in [0.25, 0.3) is 0 Å². The number of halogens is 1. The minimum absolute atomic E-state index is 0. The molecule has 0 aliphatic rings. The number of ketones is 1. The van der Waals surface area contributed by atoms with E-state index < -0.39 is 0 Å². The number of hydrogen-bond donors (Lipinski definition) is 0. The Kier molecular flexibility index (Phi) is 7.01. The van der Waals surface area contributed by atoms with E-state index in [-0.39, 0.29) is 38.5 Å². The van der Waals surface area contributed by atoms with Crippen LogP contribution in [0, 0.1) is 13.8 Å². The quantitative estimate of drug-likeness (QED) is 0.765. The minimum atomic E-state index is 0. The van der Waals surface area contributed by atoms with Gasteiger partial charge in [-0.2, -0.15) is 4.57 Å². The van der Waals surface area contributed by atoms with Crippen LogP contribution in [0.1, 0.15) is 16.7 Å². The second kappa shape index (κ2) is 8.02. The van der Waals surface area contributed by atoms with E-state index in [1.165, 1.54) is 11.1 Å². The number of hydrogen-bond acceptors (Lipinski definition) is 1. The molecule has 20 heavy (non-hydrogen) atoms. The van der Waals surface area contributed by atoms with Crippen LogP contribution in [0.4, 0.5) is 0 Å². The van der Waals surface area contributed by atoms with Gasteiger partial charge in [-0.1, -0.05) is 29.8 Å². The Balaban J connectivity index is 0.00000200. The van der Waals surface area contributed by atoms with Gasteiger partial charge in [0.1, 0.15) is 5.02 Å². The Hall–Kier alpha value is -0.566. The third-order valence-corrected chi connectivity index (χ3v) is 3.42. The van der Waals surface area contributed by atoms with Gasteiger partial charge in [-0.3, -0.25) is 4.79 Å². The van der Waals surface area contributed by atoms with Gasteiger partial charge < -0.3 is 0 Å². The van der Waals surface area contributed by atoms with Gasteiger partial charge in [0.25, 0.3) is 0 Å². The normalized spacial score (nSPS) is 9.95. The number of aromatic nitrogens is 1. The molecule has 1 aromatic heterocycles. The molecule has 0 fully saturated rings. The van der Waals surface area contributed by atoms with Gasteiger partial charge in [0.15, 0.2) is 12.4 Å². The summed E-state index contributed by atoms with van der Waals surface area (Å²) < 4.78 is 1.82. The Morgan fingerprint density at radius 1 is 1.15 bits per heavy atom. The summed E-state index contributed by atoms with van der Waals surface area (Å²) in [4.78, 5) is 12.1. The molecule has 0 atom stereocenters. The maximum absolute atomic E-state index is 12.1. The molecule has 2 rings (SSSR count). The zero-order valence-corrected chi connectivity index (χ0v) is 15.4. The van der Waals surface area contributed by atoms with E-state index in [1.54, 1.807) is 12.3 Å². The van der Waals surface area contributed by atoms with Crippen molar-refractivity contribution in [3.63, 3.8) is 0 Å². The molecule has 0 N–H and O–H groups in total. The van der Waals surface area contributed by atoms with Crippen molar-refractivity contribution in [3.05, 3.63) is 64.4 Å². The average Bonchev–Trinajstić information content (AvgIpc) is 2.34. The first kappa shape index (κ1) is 17.5. The van der Waals surface area contributed by atoms with Crippen molar-refractivity contribution >= 4 is 17.4 Å². The summed E-state index contributed by atoms with van der Waals surface area (Å²) in [6, 6.07) is 9.75. The first-order valence-corrected chi connectivity index (χ1v) is 6.65. The number of pyridine rings is 1. The van der Waals surface area contributed by atoms with Gasteiger partial charge >= 0.3 is 0 Å². The standard InChI is InChI=1S/C16H17ClNO.Y/c1-12-5-3-6-13(2)16(12)9-15(19)11-18-8-4-7-14(17)10-18;/h3-8,10H,9,11H2,1-2H3;/q+1;. The van der Waals surface area contributed by atoms with E-state index in [9.17, 15) is 4.79 Å². The number of aryl methyl sites for hydroxylation is 2. The first-order valence-electron chi connectivity index (χ1n) is 6.27. The topological polar surface area (TPSA) is 20.9 Å². The second-order valence-electron chi connectivity index (χ2n) is 4.78. The second-order valence-corrected chi connectivity index (χ2v) is 5.22. The summed E-state index contributed by atoms with van der Waals surface area (Å²) in [5.74, 6) is 0.185. The Morgan fingerprint density at radius 3 is 2.40 bits per heavy atom. The molecule has 0 saturated heterocycles. The van der Waals surface area contributed by atoms with Gasteiger partial charge in [0.2, 0.25) is 12.3 Å². The molecule has 0 amide bonds. The van der Waals surface area contributed by atoms with Crippen LogP contribution in [0.5, 0.6) is 0 Å². The predicted molar refractivity (Wildman–Crippen MR) is 76.3 cm³/mol. The maximum atomic E-state index is 12.1. The molecule has 2 nitrogen and oxygen atoms in total. The van der Waals surface area contributed by atoms with Crippen molar-refractivity contribution in [1.82, 2.24) is 0 Å². The molecule has 0 aliphatic heterocycles. The first-order chi connectivity index (χ1) is 9.06. The Morgan fingerprint density at radius 2 is 1.80 bits per heavy atom. The summed E-state index contributed by atoms with van der Waals surface area (Å²) >= 11 is 5.91. The van der Waals surface area contributed by atoms with Crippen LogP contribution in [-0.2, 0) is 50.5 Å². The van der Waals surface area contributed by atoms with E-state index in [4.69, 9.17) is 11.6 Å². The molecule has 1 heterocycles. The molecule has 0 unspecified atom stereocenters. The van der Waals surface area contributed by atoms with Gasteiger partial charge in [0.05, 0.1) is 0 Å². The van der Waals surface area contributed by atoms with Gasteiger partial charge in [-0.15, -0.1) is 0 Å². The SMILES string of the molecule is Cc1cccc(C)c1CC(=O)C[n+]1cccc(Cl)c1.[Y]. The number of rotatable bonds is 4. The van der Waals surface area contributed by atoms with Crippen molar-refractivity contribution in [3.8, 4) is 0 Å². The summed E-state index contributed by atoms with van der Waals surface area (Å²) in [6.07, 6.45) is 4.09. The molecule has 2 aromatic rings. The molecule has 0 bridgehead atoms. The summed E-state index contributed by atoms with van der Waals surface area (Å²) in [5, 5.41) is 0.641. The number of carbonyl (C=O) groups excluding carboxylic acids is 1. The van der Waals surface area contributed by atoms with Gasteiger partial charge in [-0.05, 0) is 36.6 Å². The van der Waals surface area contributed by atoms with Crippen LogP contribution in [-0.4, -0.2) is 5.78 Å². The minimum Gasteiger partial charge on any atom is -0.292 e. The third kappa shape index (κ3) is 4.77. The van der Waals surface area contributed by atoms with Gasteiger partial charge in [-0.25, -0.2) is 0 Å². The van der Waals surface area contributed by atoms with Crippen molar-refractivity contribution < 1.29 is 42.1 Å². The van der Waals surface area contributed by atoms with Crippen LogP contribution in [0.15, 0.2) is 42.7 Å². The largest absolute Gasteiger partial charge is 0.292 e. The molecule has 0 spiro atoms. The number of nitrogens with zero attached hydrogens (tertiary/aromatic N) is 1. The fourth-order valence-corrected chi connectivity index (χ4v) is 2.37. The third-order valence-electron chi connectivity index (χ3n) is 3.20. The smallest absolute Gasteiger partial charge is 0.206 e. The fourth-order valence-electron chi connectivity index (χ4n) is 2.17. The fraction of sp³-hybridized carbons (Fsp3) is 0.250. The van der Waals surface area contributed by atoms with E-state index >= 15 is 0 Å². The molecule has 0 saturated carbocycles. The monoisotopic (exact) mass is 363 g/mol. The van der Waals surface area contributed by atoms with E-state index in [1.807, 2.05) is 48.9 Å². The van der Waals surface area contributed by atoms with E-state index in [0.717, 1.165) is 5.56 Å². The molecular weight excluding hydrogens is 347 g/mol. The Labute approximate surface area is 150 Å². The summed E-state index contributed by atoms with van der Waals surface area (Å²) in [7, 11) is 0. The summed E-state index contributed by atoms with van der Waals surface area (Å²) in [6.45, 7) is 4.44. The zero-order chi connectivity index (χ0) is 13.8. The predicted octanol–water partition coefficient (Wildman–Crippen LogP) is 3.05. The average molecular weight is 364 g/mol. The van der Waals surface area contributed by atoms with Crippen molar-refractivity contribution in [2.45, 2.75) is 26.8 Å². The van der Waals surface area contributed by atoms with Gasteiger partial charge in [0, 0.05) is 45.2 Å². The van der Waals surface area contributed by atoms with E-state index in [0.29, 0.717) is 18.0 Å². The van der Waals surface area contributed by atoms with Crippen LogP contribution in [0.3, 0.4) is 0 Å². The van der Waals surface area contributed by atoms with Crippen molar-refractivity contribution in [1.29, 1.82) is 0 Å². The van der Waals surface area contributed by atoms with Crippen LogP contribution in [0.2, 0.25) is 5.02 Å². The Bertz CT molecular complexity index is 593. The van der Waals surface area contributed by atoms with Crippen molar-refractivity contribution in [2.24, 2.45) is 0 Å². The maximum Gasteiger partial charge on any atom is 0.206 e. The molecular formula is C16H17ClNOY+. The van der Waals surface area contributed by atoms with E-state index in [2.05, 4.69) is 0 Å². The number of carbonyl (C=O) groups is 1. The molecule has 1 radical (unpaired) electrons. The molecule has 1 aromatic carbocycles.